The zero-order chi connectivity index (χ0) is 8.27. The Morgan fingerprint density at radius 1 is 1.82 bits per heavy atom. The number of aryl methyl sites for hydroxylation is 1. The Bertz CT molecular complexity index is 221. The van der Waals surface area contributed by atoms with E-state index in [1.165, 1.54) is 0 Å². The van der Waals surface area contributed by atoms with Gasteiger partial charge in [0.25, 0.3) is 0 Å². The van der Waals surface area contributed by atoms with Crippen molar-refractivity contribution in [3.8, 4) is 0 Å². The molecule has 62 valence electrons. The van der Waals surface area contributed by atoms with Crippen LogP contribution in [0.25, 0.3) is 0 Å². The highest BCUT2D eigenvalue weighted by molar-refractivity contribution is 4.94. The summed E-state index contributed by atoms with van der Waals surface area (Å²) < 4.78 is 1.92. The first kappa shape index (κ1) is 8.23. The number of hydrogen-bond donors (Lipinski definition) is 2. The lowest BCUT2D eigenvalue weighted by molar-refractivity contribution is 0.253. The number of aromatic nitrogens is 2. The highest BCUT2D eigenvalue weighted by Crippen LogP contribution is 1.96. The maximum absolute atomic E-state index is 8.67. The number of aliphatic hydroxyl groups excluding tert-OH is 1. The molecule has 4 nitrogen and oxygen atoms in total. The average Bonchev–Trinajstić information content (AvgIpc) is 2.37. The van der Waals surface area contributed by atoms with Crippen molar-refractivity contribution < 1.29 is 5.11 Å². The van der Waals surface area contributed by atoms with Crippen molar-refractivity contribution in [1.82, 2.24) is 9.55 Å². The van der Waals surface area contributed by atoms with Crippen LogP contribution < -0.4 is 5.73 Å². The molecule has 0 fully saturated rings. The van der Waals surface area contributed by atoms with Crippen molar-refractivity contribution >= 4 is 0 Å². The first-order valence-electron chi connectivity index (χ1n) is 3.57. The molecule has 0 aliphatic rings. The molecule has 3 N–H and O–H groups in total. The van der Waals surface area contributed by atoms with Crippen LogP contribution in [0.4, 0.5) is 0 Å². The first-order valence-corrected chi connectivity index (χ1v) is 3.57. The van der Waals surface area contributed by atoms with E-state index in [9.17, 15) is 0 Å². The normalized spacial score (nSPS) is 13.4. The lowest BCUT2D eigenvalue weighted by atomic mass is 10.3. The third-order valence-corrected chi connectivity index (χ3v) is 1.59. The average molecular weight is 155 g/mol. The maximum Gasteiger partial charge on any atom is 0.0948 e. The van der Waals surface area contributed by atoms with E-state index in [1.807, 2.05) is 11.5 Å². The molecule has 0 aliphatic carbocycles. The molecule has 1 aromatic heterocycles. The van der Waals surface area contributed by atoms with E-state index in [4.69, 9.17) is 10.8 Å². The fourth-order valence-electron chi connectivity index (χ4n) is 0.888. The van der Waals surface area contributed by atoms with E-state index in [2.05, 4.69) is 4.98 Å². The van der Waals surface area contributed by atoms with E-state index >= 15 is 0 Å². The van der Waals surface area contributed by atoms with Gasteiger partial charge in [0.2, 0.25) is 0 Å². The van der Waals surface area contributed by atoms with Crippen LogP contribution in [0.2, 0.25) is 0 Å². The van der Waals surface area contributed by atoms with Crippen LogP contribution in [-0.4, -0.2) is 27.3 Å². The molecular weight excluding hydrogens is 142 g/mol. The topological polar surface area (TPSA) is 64.1 Å². The molecule has 0 saturated heterocycles. The molecule has 0 radical (unpaired) electrons. The minimum Gasteiger partial charge on any atom is -0.395 e. The summed E-state index contributed by atoms with van der Waals surface area (Å²) in [5.74, 6) is 0. The summed E-state index contributed by atoms with van der Waals surface area (Å²) in [7, 11) is 0. The Kier molecular flexibility index (Phi) is 2.62. The summed E-state index contributed by atoms with van der Waals surface area (Å²) in [6.45, 7) is 2.59. The second kappa shape index (κ2) is 3.50. The van der Waals surface area contributed by atoms with Gasteiger partial charge in [-0.15, -0.1) is 0 Å². The van der Waals surface area contributed by atoms with Gasteiger partial charge in [-0.05, 0) is 6.92 Å². The molecule has 1 unspecified atom stereocenters. The second-order valence-electron chi connectivity index (χ2n) is 2.63. The van der Waals surface area contributed by atoms with Crippen molar-refractivity contribution in [3.63, 3.8) is 0 Å². The van der Waals surface area contributed by atoms with Gasteiger partial charge in [-0.3, -0.25) is 0 Å². The molecule has 4 heteroatoms. The minimum atomic E-state index is -0.192. The number of hydrogen-bond acceptors (Lipinski definition) is 3. The van der Waals surface area contributed by atoms with Crippen molar-refractivity contribution in [2.45, 2.75) is 19.5 Å². The largest absolute Gasteiger partial charge is 0.395 e. The predicted molar refractivity (Wildman–Crippen MR) is 42.0 cm³/mol. The molecule has 11 heavy (non-hydrogen) atoms. The quantitative estimate of drug-likeness (QED) is 0.619. The molecule has 0 aliphatic heterocycles. The van der Waals surface area contributed by atoms with Crippen molar-refractivity contribution in [2.75, 3.05) is 6.61 Å². The second-order valence-corrected chi connectivity index (χ2v) is 2.63. The summed E-state index contributed by atoms with van der Waals surface area (Å²) in [6, 6.07) is -0.192. The van der Waals surface area contributed by atoms with Crippen molar-refractivity contribution in [3.05, 3.63) is 18.2 Å². The van der Waals surface area contributed by atoms with E-state index in [-0.39, 0.29) is 12.6 Å². The molecule has 1 rings (SSSR count). The van der Waals surface area contributed by atoms with Gasteiger partial charge in [0.15, 0.2) is 0 Å². The molecule has 0 aromatic carbocycles. The van der Waals surface area contributed by atoms with Gasteiger partial charge < -0.3 is 15.4 Å². The molecular formula is C7H13N3O. The van der Waals surface area contributed by atoms with Crippen molar-refractivity contribution in [1.29, 1.82) is 0 Å². The molecule has 0 bridgehead atoms. The van der Waals surface area contributed by atoms with Crippen LogP contribution in [-0.2, 0) is 6.54 Å². The fraction of sp³-hybridized carbons (Fsp3) is 0.571. The highest BCUT2D eigenvalue weighted by Gasteiger charge is 2.02. The first-order chi connectivity index (χ1) is 5.24. The van der Waals surface area contributed by atoms with E-state index in [1.54, 1.807) is 12.5 Å². The summed E-state index contributed by atoms with van der Waals surface area (Å²) in [5, 5.41) is 8.67. The summed E-state index contributed by atoms with van der Waals surface area (Å²) in [6.07, 6.45) is 3.48. The van der Waals surface area contributed by atoms with Crippen LogP contribution in [0.1, 0.15) is 5.69 Å². The molecule has 0 spiro atoms. The van der Waals surface area contributed by atoms with E-state index in [0.29, 0.717) is 6.54 Å². The van der Waals surface area contributed by atoms with Gasteiger partial charge in [0.05, 0.1) is 12.9 Å². The molecule has 1 atom stereocenters. The predicted octanol–water partition coefficient (Wildman–Crippen LogP) is -0.489. The SMILES string of the molecule is Cc1cncn1CC(N)CO. The molecule has 1 heterocycles. The molecule has 0 amide bonds. The zero-order valence-corrected chi connectivity index (χ0v) is 6.57. The zero-order valence-electron chi connectivity index (χ0n) is 6.57. The Morgan fingerprint density at radius 3 is 3.00 bits per heavy atom. The maximum atomic E-state index is 8.67. The van der Waals surface area contributed by atoms with Crippen LogP contribution in [0.3, 0.4) is 0 Å². The van der Waals surface area contributed by atoms with Crippen molar-refractivity contribution in [2.24, 2.45) is 5.73 Å². The minimum absolute atomic E-state index is 0.0115. The summed E-state index contributed by atoms with van der Waals surface area (Å²) >= 11 is 0. The molecule has 0 saturated carbocycles. The third-order valence-electron chi connectivity index (χ3n) is 1.59. The fourth-order valence-corrected chi connectivity index (χ4v) is 0.888. The van der Waals surface area contributed by atoms with Gasteiger partial charge in [-0.2, -0.15) is 0 Å². The number of nitrogens with two attached hydrogens (primary N) is 1. The summed E-state index contributed by atoms with van der Waals surface area (Å²) in [5.41, 5.74) is 6.60. The van der Waals surface area contributed by atoms with Gasteiger partial charge >= 0.3 is 0 Å². The van der Waals surface area contributed by atoms with E-state index in [0.717, 1.165) is 5.69 Å². The number of rotatable bonds is 3. The Labute approximate surface area is 65.7 Å². The van der Waals surface area contributed by atoms with Crippen LogP contribution in [0, 0.1) is 6.92 Å². The van der Waals surface area contributed by atoms with Gasteiger partial charge in [-0.1, -0.05) is 0 Å². The number of imidazole rings is 1. The van der Waals surface area contributed by atoms with Crippen LogP contribution >= 0.6 is 0 Å². The standard InChI is InChI=1S/C7H13N3O/c1-6-2-9-5-10(6)3-7(8)4-11/h2,5,7,11H,3-4,8H2,1H3. The van der Waals surface area contributed by atoms with Gasteiger partial charge in [0.1, 0.15) is 0 Å². The summed E-state index contributed by atoms with van der Waals surface area (Å²) in [4.78, 5) is 3.93. The monoisotopic (exact) mass is 155 g/mol. The van der Waals surface area contributed by atoms with Crippen LogP contribution in [0.5, 0.6) is 0 Å². The number of nitrogens with zero attached hydrogens (tertiary/aromatic N) is 2. The smallest absolute Gasteiger partial charge is 0.0948 e. The van der Waals surface area contributed by atoms with E-state index < -0.39 is 0 Å². The van der Waals surface area contributed by atoms with Gasteiger partial charge in [-0.25, -0.2) is 4.98 Å². The Hall–Kier alpha value is -0.870. The number of aliphatic hydroxyl groups is 1. The Balaban J connectivity index is 2.56. The highest BCUT2D eigenvalue weighted by atomic mass is 16.3. The lowest BCUT2D eigenvalue weighted by Gasteiger charge is -2.09. The van der Waals surface area contributed by atoms with Crippen LogP contribution in [0.15, 0.2) is 12.5 Å². The third kappa shape index (κ3) is 2.03. The lowest BCUT2D eigenvalue weighted by Crippen LogP contribution is -2.29. The molecule has 1 aromatic rings. The Morgan fingerprint density at radius 2 is 2.55 bits per heavy atom. The van der Waals surface area contributed by atoms with Gasteiger partial charge in [0, 0.05) is 24.5 Å².